The quantitative estimate of drug-likeness (QED) is 0.837. The van der Waals surface area contributed by atoms with Gasteiger partial charge in [0.15, 0.2) is 0 Å². The molecule has 1 aliphatic carbocycles. The van der Waals surface area contributed by atoms with Crippen molar-refractivity contribution in [3.63, 3.8) is 0 Å². The molecule has 0 aromatic carbocycles. The Hall–Kier alpha value is -0.940. The lowest BCUT2D eigenvalue weighted by molar-refractivity contribution is 0.0145. The average molecular weight is 272 g/mol. The molecular weight excluding hydrogens is 250 g/mol. The standard InChI is InChI=1S/C14H22F2N2O/c1-14(2)7-11(17)10-3-4-18(12(10)8-14)5-6-19-9-13(15)16/h3-4,11,13H,5-9,17H2,1-2H3. The predicted molar refractivity (Wildman–Crippen MR) is 70.3 cm³/mol. The number of nitrogens with two attached hydrogens (primary N) is 1. The fourth-order valence-corrected chi connectivity index (χ4v) is 2.84. The smallest absolute Gasteiger partial charge is 0.261 e. The monoisotopic (exact) mass is 272 g/mol. The summed E-state index contributed by atoms with van der Waals surface area (Å²) in [6.07, 6.45) is 1.53. The molecule has 1 unspecified atom stereocenters. The first kappa shape index (κ1) is 14.5. The molecule has 1 heterocycles. The van der Waals surface area contributed by atoms with Gasteiger partial charge in [0, 0.05) is 24.5 Å². The van der Waals surface area contributed by atoms with Crippen LogP contribution in [0.2, 0.25) is 0 Å². The van der Waals surface area contributed by atoms with Gasteiger partial charge in [0.05, 0.1) is 6.61 Å². The molecule has 0 amide bonds. The molecular formula is C14H22F2N2O. The van der Waals surface area contributed by atoms with Crippen LogP contribution in [0.15, 0.2) is 12.3 Å². The molecule has 1 aliphatic rings. The Bertz CT molecular complexity index is 429. The van der Waals surface area contributed by atoms with Crippen molar-refractivity contribution in [1.82, 2.24) is 4.57 Å². The van der Waals surface area contributed by atoms with Gasteiger partial charge in [-0.1, -0.05) is 13.8 Å². The number of fused-ring (bicyclic) bond motifs is 1. The fraction of sp³-hybridized carbons (Fsp3) is 0.714. The van der Waals surface area contributed by atoms with Crippen LogP contribution in [0.25, 0.3) is 0 Å². The summed E-state index contributed by atoms with van der Waals surface area (Å²) in [7, 11) is 0. The minimum Gasteiger partial charge on any atom is -0.374 e. The first-order valence-corrected chi connectivity index (χ1v) is 6.68. The lowest BCUT2D eigenvalue weighted by Crippen LogP contribution is -2.30. The molecule has 1 atom stereocenters. The van der Waals surface area contributed by atoms with E-state index >= 15 is 0 Å². The molecule has 5 heteroatoms. The number of hydrogen-bond donors (Lipinski definition) is 1. The predicted octanol–water partition coefficient (Wildman–Crippen LogP) is 2.74. The Morgan fingerprint density at radius 1 is 1.53 bits per heavy atom. The highest BCUT2D eigenvalue weighted by atomic mass is 19.3. The van der Waals surface area contributed by atoms with Gasteiger partial charge in [-0.2, -0.15) is 0 Å². The minimum atomic E-state index is -2.40. The lowest BCUT2D eigenvalue weighted by Gasteiger charge is -2.34. The van der Waals surface area contributed by atoms with Crippen LogP contribution in [0.3, 0.4) is 0 Å². The van der Waals surface area contributed by atoms with Crippen molar-refractivity contribution in [3.8, 4) is 0 Å². The molecule has 0 radical (unpaired) electrons. The summed E-state index contributed by atoms with van der Waals surface area (Å²) in [5.74, 6) is 0. The highest BCUT2D eigenvalue weighted by Gasteiger charge is 2.32. The third-order valence-electron chi connectivity index (χ3n) is 3.65. The second-order valence-electron chi connectivity index (χ2n) is 6.03. The molecule has 0 saturated heterocycles. The molecule has 0 bridgehead atoms. The van der Waals surface area contributed by atoms with Gasteiger partial charge in [0.1, 0.15) is 6.61 Å². The van der Waals surface area contributed by atoms with Gasteiger partial charge in [-0.3, -0.25) is 0 Å². The zero-order valence-corrected chi connectivity index (χ0v) is 11.5. The Balaban J connectivity index is 2.00. The molecule has 0 fully saturated rings. The molecule has 1 aromatic heterocycles. The fourth-order valence-electron chi connectivity index (χ4n) is 2.84. The SMILES string of the molecule is CC1(C)Cc2c(ccn2CCOCC(F)F)C(N)C1. The number of ether oxygens (including phenoxy) is 1. The Morgan fingerprint density at radius 2 is 2.26 bits per heavy atom. The van der Waals surface area contributed by atoms with Crippen LogP contribution < -0.4 is 5.73 Å². The second-order valence-corrected chi connectivity index (χ2v) is 6.03. The van der Waals surface area contributed by atoms with E-state index in [1.54, 1.807) is 0 Å². The second kappa shape index (κ2) is 5.59. The summed E-state index contributed by atoms with van der Waals surface area (Å²) in [5.41, 5.74) is 8.79. The number of aromatic nitrogens is 1. The van der Waals surface area contributed by atoms with Crippen LogP contribution in [0.5, 0.6) is 0 Å². The van der Waals surface area contributed by atoms with Crippen molar-refractivity contribution in [2.24, 2.45) is 11.1 Å². The zero-order valence-electron chi connectivity index (χ0n) is 11.5. The third-order valence-corrected chi connectivity index (χ3v) is 3.65. The van der Waals surface area contributed by atoms with Crippen molar-refractivity contribution in [2.45, 2.75) is 45.7 Å². The highest BCUT2D eigenvalue weighted by molar-refractivity contribution is 5.30. The molecule has 2 rings (SSSR count). The van der Waals surface area contributed by atoms with Crippen molar-refractivity contribution in [3.05, 3.63) is 23.5 Å². The summed E-state index contributed by atoms with van der Waals surface area (Å²) in [4.78, 5) is 0. The number of rotatable bonds is 5. The van der Waals surface area contributed by atoms with Crippen LogP contribution >= 0.6 is 0 Å². The summed E-state index contributed by atoms with van der Waals surface area (Å²) >= 11 is 0. The van der Waals surface area contributed by atoms with Crippen molar-refractivity contribution in [1.29, 1.82) is 0 Å². The summed E-state index contributed by atoms with van der Waals surface area (Å²) in [6, 6.07) is 2.12. The number of halogens is 2. The van der Waals surface area contributed by atoms with E-state index < -0.39 is 13.0 Å². The Kier molecular flexibility index (Phi) is 4.26. The molecule has 0 spiro atoms. The maximum atomic E-state index is 12.0. The first-order valence-electron chi connectivity index (χ1n) is 6.68. The van der Waals surface area contributed by atoms with E-state index in [9.17, 15) is 8.78 Å². The van der Waals surface area contributed by atoms with Crippen LogP contribution in [-0.2, 0) is 17.7 Å². The largest absolute Gasteiger partial charge is 0.374 e. The van der Waals surface area contributed by atoms with Gasteiger partial charge in [-0.15, -0.1) is 0 Å². The highest BCUT2D eigenvalue weighted by Crippen LogP contribution is 2.39. The molecule has 1 aromatic rings. The van der Waals surface area contributed by atoms with Crippen molar-refractivity contribution < 1.29 is 13.5 Å². The Morgan fingerprint density at radius 3 is 2.95 bits per heavy atom. The average Bonchev–Trinajstić information content (AvgIpc) is 2.66. The molecule has 0 aliphatic heterocycles. The molecule has 19 heavy (non-hydrogen) atoms. The van der Waals surface area contributed by atoms with Gasteiger partial charge < -0.3 is 15.0 Å². The first-order chi connectivity index (χ1) is 8.89. The summed E-state index contributed by atoms with van der Waals surface area (Å²) in [6.45, 7) is 4.83. The zero-order chi connectivity index (χ0) is 14.0. The van der Waals surface area contributed by atoms with Crippen LogP contribution in [-0.4, -0.2) is 24.2 Å². The van der Waals surface area contributed by atoms with Crippen molar-refractivity contribution in [2.75, 3.05) is 13.2 Å². The molecule has 2 N–H and O–H groups in total. The normalized spacial score (nSPS) is 21.7. The van der Waals surface area contributed by atoms with E-state index in [2.05, 4.69) is 18.4 Å². The van der Waals surface area contributed by atoms with Gasteiger partial charge in [0.2, 0.25) is 0 Å². The maximum absolute atomic E-state index is 12.0. The van der Waals surface area contributed by atoms with Gasteiger partial charge in [-0.25, -0.2) is 8.78 Å². The maximum Gasteiger partial charge on any atom is 0.261 e. The van der Waals surface area contributed by atoms with E-state index in [4.69, 9.17) is 10.5 Å². The van der Waals surface area contributed by atoms with Gasteiger partial charge in [0.25, 0.3) is 6.43 Å². The van der Waals surface area contributed by atoms with E-state index in [-0.39, 0.29) is 11.5 Å². The number of alkyl halides is 2. The van der Waals surface area contributed by atoms with Crippen LogP contribution in [0, 0.1) is 5.41 Å². The third kappa shape index (κ3) is 3.54. The molecule has 3 nitrogen and oxygen atoms in total. The lowest BCUT2D eigenvalue weighted by atomic mass is 9.74. The number of hydrogen-bond acceptors (Lipinski definition) is 2. The van der Waals surface area contributed by atoms with E-state index in [0.717, 1.165) is 12.8 Å². The molecule has 0 saturated carbocycles. The van der Waals surface area contributed by atoms with Crippen LogP contribution in [0.1, 0.15) is 37.6 Å². The van der Waals surface area contributed by atoms with E-state index in [1.165, 1.54) is 11.3 Å². The van der Waals surface area contributed by atoms with E-state index in [1.807, 2.05) is 12.3 Å². The number of nitrogens with zero attached hydrogens (tertiary/aromatic N) is 1. The van der Waals surface area contributed by atoms with Gasteiger partial charge in [-0.05, 0) is 29.9 Å². The van der Waals surface area contributed by atoms with E-state index in [0.29, 0.717) is 13.2 Å². The summed E-state index contributed by atoms with van der Waals surface area (Å²) in [5, 5.41) is 0. The van der Waals surface area contributed by atoms with Crippen molar-refractivity contribution >= 4 is 0 Å². The summed E-state index contributed by atoms with van der Waals surface area (Å²) < 4.78 is 31.0. The minimum absolute atomic E-state index is 0.0713. The topological polar surface area (TPSA) is 40.2 Å². The van der Waals surface area contributed by atoms with Gasteiger partial charge >= 0.3 is 0 Å². The van der Waals surface area contributed by atoms with Crippen LogP contribution in [0.4, 0.5) is 8.78 Å². The Labute approximate surface area is 112 Å². The molecule has 108 valence electrons.